The molecule has 0 bridgehead atoms. The van der Waals surface area contributed by atoms with E-state index in [1.54, 1.807) is 0 Å². The molecular formula is C73H45NS. The summed E-state index contributed by atoms with van der Waals surface area (Å²) in [6, 6.07) is 103. The molecule has 0 saturated carbocycles. The van der Waals surface area contributed by atoms with E-state index in [9.17, 15) is 0 Å². The van der Waals surface area contributed by atoms with Crippen LogP contribution >= 0.6 is 11.3 Å². The van der Waals surface area contributed by atoms with Crippen molar-refractivity contribution in [2.45, 2.75) is 5.41 Å². The van der Waals surface area contributed by atoms with Gasteiger partial charge in [0, 0.05) is 37.1 Å². The molecule has 13 aromatic carbocycles. The van der Waals surface area contributed by atoms with E-state index in [1.165, 1.54) is 130 Å². The van der Waals surface area contributed by atoms with Crippen LogP contribution in [0.25, 0.3) is 108 Å². The van der Waals surface area contributed by atoms with Gasteiger partial charge in [-0.05, 0) is 159 Å². The molecule has 0 amide bonds. The van der Waals surface area contributed by atoms with Gasteiger partial charge in [0.2, 0.25) is 0 Å². The minimum absolute atomic E-state index is 0.536. The molecule has 0 aliphatic heterocycles. The van der Waals surface area contributed by atoms with Crippen LogP contribution in [0, 0.1) is 0 Å². The van der Waals surface area contributed by atoms with E-state index < -0.39 is 5.41 Å². The Morgan fingerprint density at radius 1 is 0.253 bits per heavy atom. The monoisotopic (exact) mass is 967 g/mol. The molecule has 0 atom stereocenters. The fraction of sp³-hybridized carbons (Fsp3) is 0.0137. The fourth-order valence-electron chi connectivity index (χ4n) is 13.3. The van der Waals surface area contributed by atoms with Crippen molar-refractivity contribution in [1.82, 2.24) is 0 Å². The van der Waals surface area contributed by atoms with Gasteiger partial charge >= 0.3 is 0 Å². The number of hydrogen-bond acceptors (Lipinski definition) is 2. The number of benzene rings is 13. The summed E-state index contributed by atoms with van der Waals surface area (Å²) in [6.07, 6.45) is 0. The molecule has 0 saturated heterocycles. The highest BCUT2D eigenvalue weighted by Gasteiger charge is 2.52. The minimum atomic E-state index is -0.536. The number of nitrogens with zero attached hydrogens (tertiary/aromatic N) is 1. The Kier molecular flexibility index (Phi) is 9.19. The van der Waals surface area contributed by atoms with Crippen LogP contribution in [0.15, 0.2) is 273 Å². The molecule has 16 rings (SSSR count). The summed E-state index contributed by atoms with van der Waals surface area (Å²) in [5.41, 5.74) is 20.4. The van der Waals surface area contributed by atoms with Crippen molar-refractivity contribution in [1.29, 1.82) is 0 Å². The number of rotatable bonds is 6. The largest absolute Gasteiger partial charge is 0.310 e. The molecule has 0 N–H and O–H groups in total. The van der Waals surface area contributed by atoms with E-state index in [0.29, 0.717) is 0 Å². The molecule has 0 radical (unpaired) electrons. The van der Waals surface area contributed by atoms with E-state index in [-0.39, 0.29) is 0 Å². The van der Waals surface area contributed by atoms with E-state index in [0.717, 1.165) is 17.1 Å². The Morgan fingerprint density at radius 2 is 0.720 bits per heavy atom. The third-order valence-electron chi connectivity index (χ3n) is 16.5. The van der Waals surface area contributed by atoms with E-state index >= 15 is 0 Å². The molecule has 75 heavy (non-hydrogen) atoms. The van der Waals surface area contributed by atoms with Gasteiger partial charge in [0.05, 0.1) is 11.1 Å². The van der Waals surface area contributed by atoms with Crippen molar-refractivity contribution >= 4 is 80.9 Å². The zero-order chi connectivity index (χ0) is 49.2. The molecule has 1 aromatic heterocycles. The first-order valence-electron chi connectivity index (χ1n) is 26.0. The second-order valence-corrected chi connectivity index (χ2v) is 21.3. The Hall–Kier alpha value is -9.34. The number of fused-ring (bicyclic) bond motifs is 19. The third-order valence-corrected chi connectivity index (χ3v) is 17.6. The van der Waals surface area contributed by atoms with Crippen LogP contribution in [0.2, 0.25) is 0 Å². The molecule has 1 spiro atoms. The van der Waals surface area contributed by atoms with Gasteiger partial charge in [-0.3, -0.25) is 0 Å². The highest BCUT2D eigenvalue weighted by molar-refractivity contribution is 7.26. The van der Waals surface area contributed by atoms with Gasteiger partial charge in [-0.2, -0.15) is 0 Å². The van der Waals surface area contributed by atoms with Gasteiger partial charge in [-0.1, -0.05) is 218 Å². The maximum absolute atomic E-state index is 2.59. The summed E-state index contributed by atoms with van der Waals surface area (Å²) in [5.74, 6) is 0. The first-order chi connectivity index (χ1) is 37.2. The summed E-state index contributed by atoms with van der Waals surface area (Å²) < 4.78 is 2.58. The minimum Gasteiger partial charge on any atom is -0.310 e. The van der Waals surface area contributed by atoms with Crippen molar-refractivity contribution in [2.24, 2.45) is 0 Å². The van der Waals surface area contributed by atoms with E-state index in [4.69, 9.17) is 0 Å². The van der Waals surface area contributed by atoms with Crippen molar-refractivity contribution in [3.05, 3.63) is 295 Å². The predicted molar refractivity (Wildman–Crippen MR) is 319 cm³/mol. The topological polar surface area (TPSA) is 3.24 Å². The molecule has 2 aliphatic carbocycles. The van der Waals surface area contributed by atoms with Crippen molar-refractivity contribution in [2.75, 3.05) is 4.90 Å². The average molecular weight is 968 g/mol. The van der Waals surface area contributed by atoms with Crippen LogP contribution in [-0.4, -0.2) is 0 Å². The lowest BCUT2D eigenvalue weighted by Crippen LogP contribution is -2.26. The Bertz CT molecular complexity index is 4580. The van der Waals surface area contributed by atoms with E-state index in [2.05, 4.69) is 278 Å². The second kappa shape index (κ2) is 16.3. The lowest BCUT2D eigenvalue weighted by molar-refractivity contribution is 0.794. The fourth-order valence-corrected chi connectivity index (χ4v) is 14.4. The summed E-state index contributed by atoms with van der Waals surface area (Å²) in [6.45, 7) is 0. The third kappa shape index (κ3) is 6.12. The Morgan fingerprint density at radius 3 is 1.37 bits per heavy atom. The van der Waals surface area contributed by atoms with Gasteiger partial charge in [0.25, 0.3) is 0 Å². The lowest BCUT2D eigenvalue weighted by atomic mass is 9.70. The van der Waals surface area contributed by atoms with Crippen molar-refractivity contribution in [3.8, 4) is 55.6 Å². The van der Waals surface area contributed by atoms with Crippen LogP contribution in [0.5, 0.6) is 0 Å². The van der Waals surface area contributed by atoms with Crippen LogP contribution in [0.4, 0.5) is 17.1 Å². The quantitative estimate of drug-likeness (QED) is 0.150. The zero-order valence-corrected chi connectivity index (χ0v) is 41.7. The number of hydrogen-bond donors (Lipinski definition) is 0. The van der Waals surface area contributed by atoms with Gasteiger partial charge in [0.1, 0.15) is 0 Å². The number of anilines is 3. The molecular weight excluding hydrogens is 923 g/mol. The second-order valence-electron chi connectivity index (χ2n) is 20.2. The molecule has 2 heteroatoms. The molecule has 1 heterocycles. The Balaban J connectivity index is 1.02. The number of thiophene rings is 1. The van der Waals surface area contributed by atoms with Gasteiger partial charge < -0.3 is 4.90 Å². The van der Waals surface area contributed by atoms with Crippen molar-refractivity contribution < 1.29 is 0 Å². The zero-order valence-electron chi connectivity index (χ0n) is 40.8. The molecule has 1 nitrogen and oxygen atoms in total. The molecule has 348 valence electrons. The Labute approximate surface area is 439 Å². The maximum atomic E-state index is 2.59. The summed E-state index contributed by atoms with van der Waals surface area (Å²) in [4.78, 5) is 2.57. The van der Waals surface area contributed by atoms with Gasteiger partial charge in [0.15, 0.2) is 0 Å². The molecule has 0 unspecified atom stereocenters. The first-order valence-corrected chi connectivity index (χ1v) is 26.8. The summed E-state index contributed by atoms with van der Waals surface area (Å²) in [7, 11) is 0. The van der Waals surface area contributed by atoms with E-state index in [1.807, 2.05) is 11.3 Å². The van der Waals surface area contributed by atoms with Crippen LogP contribution in [-0.2, 0) is 5.41 Å². The summed E-state index contributed by atoms with van der Waals surface area (Å²) >= 11 is 1.88. The first kappa shape index (κ1) is 42.2. The lowest BCUT2D eigenvalue weighted by Gasteiger charge is -2.33. The molecule has 2 aliphatic rings. The van der Waals surface area contributed by atoms with Crippen LogP contribution in [0.1, 0.15) is 22.3 Å². The molecule has 14 aromatic rings. The normalized spacial score (nSPS) is 12.9. The molecule has 0 fully saturated rings. The highest BCUT2D eigenvalue weighted by Crippen LogP contribution is 2.64. The maximum Gasteiger partial charge on any atom is 0.0726 e. The predicted octanol–water partition coefficient (Wildman–Crippen LogP) is 20.3. The summed E-state index contributed by atoms with van der Waals surface area (Å²) in [5, 5.41) is 10.1. The van der Waals surface area contributed by atoms with Crippen molar-refractivity contribution in [3.63, 3.8) is 0 Å². The van der Waals surface area contributed by atoms with Gasteiger partial charge in [-0.25, -0.2) is 0 Å². The van der Waals surface area contributed by atoms with Crippen LogP contribution in [0.3, 0.4) is 0 Å². The highest BCUT2D eigenvalue weighted by atomic mass is 32.1. The average Bonchev–Trinajstić information content (AvgIpc) is 4.32. The smallest absolute Gasteiger partial charge is 0.0726 e. The van der Waals surface area contributed by atoms with Gasteiger partial charge in [-0.15, -0.1) is 11.3 Å². The van der Waals surface area contributed by atoms with Crippen LogP contribution < -0.4 is 4.90 Å². The SMILES string of the molecule is c1ccc(-c2cccc(-c3ccc(N(c4ccc5c6ccccc6c6ccccc6c5c4)c4cc5c(cc4-c4cccc6sc7ccccc7c46)-c4ccccc4C54c5ccccc5-c5ccccc54)cc3)c2)cc1. The standard InChI is InChI=1S/C73H45NS/c1-2-18-46(19-3-1)48-20-16-21-49(42-48)47-36-38-50(39-37-47)74(51-40-41-56-54-24-5-4-22-52(54)53-23-6-7-25-55(53)62(56)43-51)69-45-68-63(44-64(69)60-30-17-35-71-72(60)61-29-11-15-34-70(61)75-71)59-28-10-14-33-67(59)73(68)65-31-12-8-26-57(65)58-27-9-13-32-66(58)73/h1-45H.